The van der Waals surface area contributed by atoms with Crippen molar-refractivity contribution in [2.24, 2.45) is 22.9 Å². The van der Waals surface area contributed by atoms with Crippen LogP contribution in [0, 0.1) is 23.6 Å². The molecule has 1 saturated heterocycles. The van der Waals surface area contributed by atoms with E-state index in [0.29, 0.717) is 61.6 Å². The van der Waals surface area contributed by atoms with Crippen LogP contribution < -0.4 is 9.47 Å². The molecule has 62 heavy (non-hydrogen) atoms. The second kappa shape index (κ2) is 22.0. The van der Waals surface area contributed by atoms with Gasteiger partial charge in [0.25, 0.3) is 0 Å². The molecule has 3 aromatic carbocycles. The zero-order valence-electron chi connectivity index (χ0n) is 36.0. The van der Waals surface area contributed by atoms with E-state index in [4.69, 9.17) is 33.7 Å². The van der Waals surface area contributed by atoms with Gasteiger partial charge >= 0.3 is 6.09 Å². The molecule has 12 heteroatoms. The Bertz CT molecular complexity index is 1990. The minimum absolute atomic E-state index is 0.0254. The van der Waals surface area contributed by atoms with E-state index in [9.17, 15) is 19.4 Å². The average molecular weight is 855 g/mol. The highest BCUT2D eigenvalue weighted by Crippen LogP contribution is 2.62. The monoisotopic (exact) mass is 854 g/mol. The average Bonchev–Trinajstić information content (AvgIpc) is 3.30. The summed E-state index contributed by atoms with van der Waals surface area (Å²) in [5.74, 6) is -1.28. The van der Waals surface area contributed by atoms with E-state index in [-0.39, 0.29) is 63.0 Å². The Kier molecular flexibility index (Phi) is 16.1. The molecule has 334 valence electrons. The maximum Gasteiger partial charge on any atom is 0.410 e. The fourth-order valence-electron chi connectivity index (χ4n) is 9.85. The topological polar surface area (TPSA) is 129 Å². The summed E-state index contributed by atoms with van der Waals surface area (Å²) in [4.78, 5) is 22.6. The third-order valence-corrected chi connectivity index (χ3v) is 12.7. The second-order valence-corrected chi connectivity index (χ2v) is 16.8. The fourth-order valence-corrected chi connectivity index (χ4v) is 9.85. The van der Waals surface area contributed by atoms with E-state index >= 15 is 0 Å². The molecular formula is C50H63FN2O9. The number of aliphatic hydroxyl groups is 2. The molecule has 2 aliphatic heterocycles. The van der Waals surface area contributed by atoms with Gasteiger partial charge in [0.1, 0.15) is 36.6 Å². The Morgan fingerprint density at radius 3 is 2.53 bits per heavy atom. The van der Waals surface area contributed by atoms with Crippen LogP contribution in [0.2, 0.25) is 0 Å². The van der Waals surface area contributed by atoms with Crippen molar-refractivity contribution >= 4 is 11.8 Å². The number of hydrogen-bond donors (Lipinski definition) is 2. The Labute approximate surface area is 365 Å². The molecule has 7 rings (SSSR count). The number of unbranched alkanes of at least 4 members (excludes halogenated alkanes) is 2. The molecule has 2 heterocycles. The van der Waals surface area contributed by atoms with Gasteiger partial charge in [-0.25, -0.2) is 9.18 Å². The zero-order chi connectivity index (χ0) is 43.3. The molecule has 0 radical (unpaired) electrons. The summed E-state index contributed by atoms with van der Waals surface area (Å²) in [6.07, 6.45) is 11.1. The van der Waals surface area contributed by atoms with Gasteiger partial charge in [-0.2, -0.15) is 0 Å². The lowest BCUT2D eigenvalue weighted by atomic mass is 9.55. The number of hydrogen-bond acceptors (Lipinski definition) is 10. The number of aliphatic hydroxyl groups excluding tert-OH is 2. The number of nitrogens with zero attached hydrogens (tertiary/aromatic N) is 2. The molecule has 0 aromatic heterocycles. The van der Waals surface area contributed by atoms with E-state index in [1.807, 2.05) is 55.5 Å². The van der Waals surface area contributed by atoms with E-state index in [1.54, 1.807) is 29.2 Å². The summed E-state index contributed by atoms with van der Waals surface area (Å²) >= 11 is 0. The van der Waals surface area contributed by atoms with Gasteiger partial charge in [-0.05, 0) is 92.2 Å². The maximum absolute atomic E-state index is 14.8. The third-order valence-electron chi connectivity index (χ3n) is 12.7. The number of halogens is 1. The first-order valence-electron chi connectivity index (χ1n) is 22.6. The van der Waals surface area contributed by atoms with Crippen molar-refractivity contribution in [2.75, 3.05) is 33.0 Å². The maximum atomic E-state index is 14.8. The number of amides is 1. The predicted octanol–water partition coefficient (Wildman–Crippen LogP) is 9.61. The Morgan fingerprint density at radius 1 is 1.00 bits per heavy atom. The highest BCUT2D eigenvalue weighted by atomic mass is 19.1. The number of oxime groups is 1. The number of rotatable bonds is 21. The highest BCUT2D eigenvalue weighted by Gasteiger charge is 2.65. The van der Waals surface area contributed by atoms with Crippen LogP contribution in [0.1, 0.15) is 100 Å². The SMILES string of the molecule is C=CCOC12Oc3ccc(OCc4ccccc4F)cc3C3C(CCCCO)C(CCCCO)C=C(C(=NOC4CCCCO4)CC1N(CCC)C(=O)OCc1ccccc1)C32. The highest BCUT2D eigenvalue weighted by molar-refractivity contribution is 6.03. The van der Waals surface area contributed by atoms with Crippen LogP contribution in [-0.4, -0.2) is 78.0 Å². The van der Waals surface area contributed by atoms with Gasteiger partial charge in [0, 0.05) is 49.6 Å². The summed E-state index contributed by atoms with van der Waals surface area (Å²) in [5.41, 5.74) is 3.84. The third kappa shape index (κ3) is 10.4. The molecule has 7 unspecified atom stereocenters. The number of allylic oxidation sites excluding steroid dienone is 1. The molecule has 0 spiro atoms. The molecule has 3 aromatic rings. The lowest BCUT2D eigenvalue weighted by molar-refractivity contribution is -0.255. The number of carbonyl (C=O) groups excluding carboxylic acids is 1. The first-order chi connectivity index (χ1) is 30.4. The molecule has 2 aliphatic carbocycles. The second-order valence-electron chi connectivity index (χ2n) is 16.8. The minimum atomic E-state index is -1.43. The Morgan fingerprint density at radius 2 is 1.79 bits per heavy atom. The van der Waals surface area contributed by atoms with Crippen molar-refractivity contribution in [3.8, 4) is 11.5 Å². The van der Waals surface area contributed by atoms with E-state index in [0.717, 1.165) is 55.2 Å². The van der Waals surface area contributed by atoms with Gasteiger partial charge in [0.2, 0.25) is 12.1 Å². The molecule has 0 bridgehead atoms. The molecule has 1 amide bonds. The number of carbonyl (C=O) groups is 1. The Hall–Kier alpha value is -4.75. The Balaban J connectivity index is 1.39. The largest absolute Gasteiger partial charge is 0.489 e. The van der Waals surface area contributed by atoms with Crippen molar-refractivity contribution in [3.05, 3.63) is 120 Å². The van der Waals surface area contributed by atoms with Crippen molar-refractivity contribution in [2.45, 2.75) is 115 Å². The number of ether oxygens (including phenoxy) is 5. The van der Waals surface area contributed by atoms with Crippen LogP contribution >= 0.6 is 0 Å². The van der Waals surface area contributed by atoms with Crippen molar-refractivity contribution < 1.29 is 47.9 Å². The van der Waals surface area contributed by atoms with E-state index < -0.39 is 30.1 Å². The predicted molar refractivity (Wildman–Crippen MR) is 234 cm³/mol. The first-order valence-corrected chi connectivity index (χ1v) is 22.6. The standard InChI is InChI=1S/C50H63FN2O9/c1-3-25-53(49(56)59-33-35-16-6-5-7-17-35)45-32-43(52-62-46-22-12-15-29-57-46)40-30-36(18-10-13-26-54)39(20-11-14-27-55)47-41-31-38(58-34-37-19-8-9-21-42(37)51)23-24-44(41)61-50(45,48(40)47)60-28-4-2/h4-9,16-17,19,21,23-24,30-31,36,39,45-48,54-55H,2-3,10-15,18,20,22,25-29,32-34H2,1H3. The van der Waals surface area contributed by atoms with Crippen LogP contribution in [0.25, 0.3) is 0 Å². The summed E-state index contributed by atoms with van der Waals surface area (Å²) in [5, 5.41) is 24.8. The van der Waals surface area contributed by atoms with Gasteiger partial charge in [-0.1, -0.05) is 85.6 Å². The number of fused-ring (bicyclic) bond motifs is 2. The minimum Gasteiger partial charge on any atom is -0.489 e. The molecular weight excluding hydrogens is 792 g/mol. The molecule has 4 aliphatic rings. The van der Waals surface area contributed by atoms with Gasteiger partial charge < -0.3 is 38.7 Å². The normalized spacial score (nSPS) is 25.7. The van der Waals surface area contributed by atoms with Gasteiger partial charge in [0.05, 0.1) is 24.8 Å². The van der Waals surface area contributed by atoms with Gasteiger partial charge in [-0.3, -0.25) is 4.90 Å². The van der Waals surface area contributed by atoms with Crippen LogP contribution in [0.3, 0.4) is 0 Å². The molecule has 1 saturated carbocycles. The van der Waals surface area contributed by atoms with Crippen molar-refractivity contribution in [1.82, 2.24) is 4.90 Å². The summed E-state index contributed by atoms with van der Waals surface area (Å²) < 4.78 is 47.6. The van der Waals surface area contributed by atoms with Crippen LogP contribution in [0.4, 0.5) is 9.18 Å². The zero-order valence-corrected chi connectivity index (χ0v) is 36.0. The lowest BCUT2D eigenvalue weighted by Crippen LogP contribution is -2.70. The summed E-state index contributed by atoms with van der Waals surface area (Å²) in [6.45, 7) is 7.45. The quantitative estimate of drug-likeness (QED) is 0.0612. The smallest absolute Gasteiger partial charge is 0.410 e. The van der Waals surface area contributed by atoms with Gasteiger partial charge in [0.15, 0.2) is 0 Å². The van der Waals surface area contributed by atoms with Gasteiger partial charge in [-0.15, -0.1) is 6.58 Å². The van der Waals surface area contributed by atoms with Crippen molar-refractivity contribution in [1.29, 1.82) is 0 Å². The first kappa shape index (κ1) is 45.3. The summed E-state index contributed by atoms with van der Waals surface area (Å²) in [7, 11) is 0. The van der Waals surface area contributed by atoms with E-state index in [1.165, 1.54) is 6.07 Å². The van der Waals surface area contributed by atoms with Crippen LogP contribution in [0.15, 0.2) is 102 Å². The summed E-state index contributed by atoms with van der Waals surface area (Å²) in [6, 6.07) is 21.2. The van der Waals surface area contributed by atoms with Crippen molar-refractivity contribution in [3.63, 3.8) is 0 Å². The number of benzene rings is 3. The molecule has 7 atom stereocenters. The molecule has 2 N–H and O–H groups in total. The lowest BCUT2D eigenvalue weighted by Gasteiger charge is -2.60. The van der Waals surface area contributed by atoms with Crippen LogP contribution in [0.5, 0.6) is 11.5 Å². The molecule has 11 nitrogen and oxygen atoms in total. The van der Waals surface area contributed by atoms with E-state index in [2.05, 4.69) is 12.7 Å². The van der Waals surface area contributed by atoms with Crippen LogP contribution in [-0.2, 0) is 32.3 Å². The fraction of sp³-hybridized carbons (Fsp3) is 0.520. The molecule has 2 fully saturated rings.